The van der Waals surface area contributed by atoms with Gasteiger partial charge in [0.15, 0.2) is 11.5 Å². The van der Waals surface area contributed by atoms with Crippen molar-refractivity contribution >= 4 is 22.3 Å². The molecule has 0 saturated carbocycles. The highest BCUT2D eigenvalue weighted by Crippen LogP contribution is 2.34. The van der Waals surface area contributed by atoms with Gasteiger partial charge in [0.25, 0.3) is 0 Å². The van der Waals surface area contributed by atoms with Crippen molar-refractivity contribution in [3.05, 3.63) is 51.3 Å². The lowest BCUT2D eigenvalue weighted by Crippen LogP contribution is -2.19. The van der Waals surface area contributed by atoms with Crippen LogP contribution in [0.15, 0.2) is 33.2 Å². The Bertz CT molecular complexity index is 901. The molecule has 1 aromatic carbocycles. The minimum absolute atomic E-state index is 0.00866. The maximum atomic E-state index is 12.2. The van der Waals surface area contributed by atoms with Crippen LogP contribution in [0.2, 0.25) is 0 Å². The second-order valence-corrected chi connectivity index (χ2v) is 4.66. The van der Waals surface area contributed by atoms with Crippen LogP contribution in [-0.4, -0.2) is 23.8 Å². The Morgan fingerprint density at radius 3 is 2.57 bits per heavy atom. The molecule has 6 nitrogen and oxygen atoms in total. The fourth-order valence-electron chi connectivity index (χ4n) is 2.43. The van der Waals surface area contributed by atoms with Crippen LogP contribution in [0.5, 0.6) is 5.75 Å². The first-order valence-electron chi connectivity index (χ1n) is 6.09. The molecule has 0 spiro atoms. The van der Waals surface area contributed by atoms with E-state index < -0.39 is 22.9 Å². The molecule has 1 N–H and O–H groups in total. The van der Waals surface area contributed by atoms with Crippen molar-refractivity contribution < 1.29 is 23.8 Å². The fourth-order valence-corrected chi connectivity index (χ4v) is 2.43. The summed E-state index contributed by atoms with van der Waals surface area (Å²) in [5.74, 6) is -1.42. The maximum Gasteiger partial charge on any atom is 0.347 e. The second kappa shape index (κ2) is 4.31. The molecule has 106 valence electrons. The number of ether oxygens (including phenoxy) is 1. The summed E-state index contributed by atoms with van der Waals surface area (Å²) >= 11 is 0. The van der Waals surface area contributed by atoms with Crippen molar-refractivity contribution in [1.82, 2.24) is 0 Å². The summed E-state index contributed by atoms with van der Waals surface area (Å²) in [5.41, 5.74) is -0.953. The number of fused-ring (bicyclic) bond motifs is 2. The van der Waals surface area contributed by atoms with E-state index in [1.807, 2.05) is 0 Å². The van der Waals surface area contributed by atoms with Crippen LogP contribution in [0.25, 0.3) is 10.8 Å². The maximum absolute atomic E-state index is 12.2. The van der Waals surface area contributed by atoms with Gasteiger partial charge in [0.1, 0.15) is 16.9 Å². The largest absolute Gasteiger partial charge is 0.506 e. The predicted molar refractivity (Wildman–Crippen MR) is 72.6 cm³/mol. The van der Waals surface area contributed by atoms with Gasteiger partial charge in [-0.3, -0.25) is 9.59 Å². The van der Waals surface area contributed by atoms with E-state index in [4.69, 9.17) is 9.15 Å². The van der Waals surface area contributed by atoms with Gasteiger partial charge < -0.3 is 14.3 Å². The third-order valence-electron chi connectivity index (χ3n) is 3.34. The Kier molecular flexibility index (Phi) is 2.69. The van der Waals surface area contributed by atoms with Crippen molar-refractivity contribution in [2.24, 2.45) is 0 Å². The quantitative estimate of drug-likeness (QED) is 0.857. The highest BCUT2D eigenvalue weighted by Gasteiger charge is 2.31. The topological polar surface area (TPSA) is 93.8 Å². The van der Waals surface area contributed by atoms with Gasteiger partial charge in [0.05, 0.1) is 12.7 Å². The average Bonchev–Trinajstić information content (AvgIpc) is 2.41. The number of Topliss-reactive ketones (excluding diaryl/α,β-unsaturated/α-hetero) is 1. The van der Waals surface area contributed by atoms with Crippen LogP contribution in [0, 0.1) is 6.92 Å². The van der Waals surface area contributed by atoms with E-state index in [2.05, 4.69) is 0 Å². The molecule has 6 heteroatoms. The van der Waals surface area contributed by atoms with E-state index in [1.54, 1.807) is 6.92 Å². The van der Waals surface area contributed by atoms with Gasteiger partial charge >= 0.3 is 5.63 Å². The zero-order chi connectivity index (χ0) is 15.3. The molecule has 0 saturated heterocycles. The lowest BCUT2D eigenvalue weighted by Gasteiger charge is -2.16. The van der Waals surface area contributed by atoms with Crippen molar-refractivity contribution in [2.45, 2.75) is 6.92 Å². The van der Waals surface area contributed by atoms with Crippen LogP contribution < -0.4 is 5.63 Å². The number of allylic oxidation sites excluding steroid dienone is 2. The zero-order valence-corrected chi connectivity index (χ0v) is 11.2. The van der Waals surface area contributed by atoms with Gasteiger partial charge in [-0.15, -0.1) is 0 Å². The summed E-state index contributed by atoms with van der Waals surface area (Å²) in [6.45, 7) is 1.57. The molecule has 1 aliphatic rings. The summed E-state index contributed by atoms with van der Waals surface area (Å²) in [4.78, 5) is 36.1. The number of ketones is 2. The normalized spacial score (nSPS) is 14.1. The first kappa shape index (κ1) is 13.1. The molecule has 0 unspecified atom stereocenters. The smallest absolute Gasteiger partial charge is 0.347 e. The molecular formula is C15H10O6. The second-order valence-electron chi connectivity index (χ2n) is 4.66. The number of methoxy groups -OCH3 is 1. The lowest BCUT2D eigenvalue weighted by atomic mass is 9.90. The standard InChI is InChI=1S/C15H10O6/c1-6-3-7-4-8-12(14(18)11(7)15(19)21-6)9(16)5-10(20-2)13(8)17/h3-5,18H,1-2H3. The summed E-state index contributed by atoms with van der Waals surface area (Å²) in [5, 5.41) is 10.4. The Hall–Kier alpha value is -2.89. The molecule has 0 fully saturated rings. The first-order valence-corrected chi connectivity index (χ1v) is 6.09. The minimum atomic E-state index is -0.757. The summed E-state index contributed by atoms with van der Waals surface area (Å²) < 4.78 is 9.77. The minimum Gasteiger partial charge on any atom is -0.506 e. The highest BCUT2D eigenvalue weighted by atomic mass is 16.5. The molecular weight excluding hydrogens is 276 g/mol. The van der Waals surface area contributed by atoms with Gasteiger partial charge in [-0.25, -0.2) is 4.79 Å². The van der Waals surface area contributed by atoms with Crippen LogP contribution in [0.4, 0.5) is 0 Å². The van der Waals surface area contributed by atoms with Gasteiger partial charge in [-0.2, -0.15) is 0 Å². The van der Waals surface area contributed by atoms with E-state index in [9.17, 15) is 19.5 Å². The average molecular weight is 286 g/mol. The number of phenols is 1. The number of rotatable bonds is 1. The van der Waals surface area contributed by atoms with Crippen LogP contribution >= 0.6 is 0 Å². The zero-order valence-electron chi connectivity index (χ0n) is 11.2. The Balaban J connectivity index is 2.46. The van der Waals surface area contributed by atoms with E-state index in [0.29, 0.717) is 11.1 Å². The SMILES string of the molecule is COC1=CC(=O)c2c(cc3cc(C)oc(=O)c3c2O)C1=O. The van der Waals surface area contributed by atoms with Crippen molar-refractivity contribution in [3.8, 4) is 5.75 Å². The molecule has 1 aromatic heterocycles. The summed E-state index contributed by atoms with van der Waals surface area (Å²) in [7, 11) is 1.28. The molecule has 1 heterocycles. The van der Waals surface area contributed by atoms with Crippen LogP contribution in [-0.2, 0) is 4.74 Å². The summed E-state index contributed by atoms with van der Waals surface area (Å²) in [6, 6.07) is 2.90. The van der Waals surface area contributed by atoms with E-state index in [1.165, 1.54) is 19.2 Å². The number of carbonyl (C=O) groups excluding carboxylic acids is 2. The van der Waals surface area contributed by atoms with Crippen molar-refractivity contribution in [1.29, 1.82) is 0 Å². The molecule has 0 atom stereocenters. The molecule has 0 bridgehead atoms. The predicted octanol–water partition coefficient (Wildman–Crippen LogP) is 1.72. The van der Waals surface area contributed by atoms with Gasteiger partial charge in [-0.05, 0) is 24.4 Å². The Labute approximate surface area is 118 Å². The number of carbonyl (C=O) groups is 2. The number of benzene rings is 1. The van der Waals surface area contributed by atoms with Gasteiger partial charge in [-0.1, -0.05) is 0 Å². The van der Waals surface area contributed by atoms with Gasteiger partial charge in [0.2, 0.25) is 5.78 Å². The van der Waals surface area contributed by atoms with E-state index >= 15 is 0 Å². The van der Waals surface area contributed by atoms with E-state index in [-0.39, 0.29) is 22.3 Å². The number of hydrogen-bond donors (Lipinski definition) is 1. The van der Waals surface area contributed by atoms with Crippen LogP contribution in [0.3, 0.4) is 0 Å². The molecule has 21 heavy (non-hydrogen) atoms. The monoisotopic (exact) mass is 286 g/mol. The molecule has 1 aliphatic carbocycles. The third kappa shape index (κ3) is 1.76. The van der Waals surface area contributed by atoms with Crippen molar-refractivity contribution in [2.75, 3.05) is 7.11 Å². The Morgan fingerprint density at radius 2 is 1.90 bits per heavy atom. The molecule has 0 amide bonds. The number of aryl methyl sites for hydroxylation is 1. The van der Waals surface area contributed by atoms with Gasteiger partial charge in [0, 0.05) is 11.6 Å². The fraction of sp³-hybridized carbons (Fsp3) is 0.133. The number of aromatic hydroxyl groups is 1. The number of phenolic OH excluding ortho intramolecular Hbond substituents is 1. The third-order valence-corrected chi connectivity index (χ3v) is 3.34. The molecule has 2 aromatic rings. The molecule has 0 aliphatic heterocycles. The summed E-state index contributed by atoms with van der Waals surface area (Å²) in [6.07, 6.45) is 0.992. The number of hydrogen-bond acceptors (Lipinski definition) is 6. The molecule has 0 radical (unpaired) electrons. The van der Waals surface area contributed by atoms with E-state index in [0.717, 1.165) is 6.08 Å². The van der Waals surface area contributed by atoms with Crippen molar-refractivity contribution in [3.63, 3.8) is 0 Å². The Morgan fingerprint density at radius 1 is 1.19 bits per heavy atom. The highest BCUT2D eigenvalue weighted by molar-refractivity contribution is 6.26. The van der Waals surface area contributed by atoms with Crippen LogP contribution in [0.1, 0.15) is 26.5 Å². The lowest BCUT2D eigenvalue weighted by molar-refractivity contribution is 0.0915. The molecule has 3 rings (SSSR count). The first-order chi connectivity index (χ1) is 9.93.